The Bertz CT molecular complexity index is 337. The first-order valence-electron chi connectivity index (χ1n) is 3.70. The van der Waals surface area contributed by atoms with Crippen LogP contribution in [0.15, 0.2) is 6.20 Å². The second kappa shape index (κ2) is 2.93. The molecule has 0 bridgehead atoms. The Hall–Kier alpha value is -1.38. The highest BCUT2D eigenvalue weighted by atomic mass is 16.1. The Kier molecular flexibility index (Phi) is 2.13. The SMILES string of the molecule is CC(=O)c1cn(C)c(C=O)c1C. The van der Waals surface area contributed by atoms with E-state index in [1.165, 1.54) is 6.92 Å². The number of rotatable bonds is 2. The van der Waals surface area contributed by atoms with Crippen molar-refractivity contribution in [1.82, 2.24) is 4.57 Å². The van der Waals surface area contributed by atoms with E-state index in [0.29, 0.717) is 11.3 Å². The van der Waals surface area contributed by atoms with Gasteiger partial charge in [0.1, 0.15) is 0 Å². The van der Waals surface area contributed by atoms with Gasteiger partial charge in [-0.25, -0.2) is 0 Å². The summed E-state index contributed by atoms with van der Waals surface area (Å²) in [6.07, 6.45) is 2.45. The van der Waals surface area contributed by atoms with Crippen molar-refractivity contribution in [3.8, 4) is 0 Å². The molecule has 1 rings (SSSR count). The summed E-state index contributed by atoms with van der Waals surface area (Å²) in [5.74, 6) is -0.00352. The van der Waals surface area contributed by atoms with Crippen LogP contribution in [0.25, 0.3) is 0 Å². The summed E-state index contributed by atoms with van der Waals surface area (Å²) < 4.78 is 1.67. The average molecular weight is 165 g/mol. The van der Waals surface area contributed by atoms with Gasteiger partial charge >= 0.3 is 0 Å². The Labute approximate surface area is 71.0 Å². The van der Waals surface area contributed by atoms with Crippen LogP contribution in [0.2, 0.25) is 0 Å². The summed E-state index contributed by atoms with van der Waals surface area (Å²) in [4.78, 5) is 21.6. The zero-order valence-electron chi connectivity index (χ0n) is 7.42. The molecular weight excluding hydrogens is 154 g/mol. The molecule has 0 aliphatic heterocycles. The molecule has 0 radical (unpaired) electrons. The summed E-state index contributed by atoms with van der Waals surface area (Å²) in [5, 5.41) is 0. The molecule has 0 fully saturated rings. The fraction of sp³-hybridized carbons (Fsp3) is 0.333. The minimum atomic E-state index is -0.00352. The third-order valence-electron chi connectivity index (χ3n) is 1.98. The maximum Gasteiger partial charge on any atom is 0.166 e. The van der Waals surface area contributed by atoms with Crippen molar-refractivity contribution in [2.45, 2.75) is 13.8 Å². The van der Waals surface area contributed by atoms with Gasteiger partial charge in [-0.05, 0) is 19.4 Å². The summed E-state index contributed by atoms with van der Waals surface area (Å²) in [6, 6.07) is 0. The fourth-order valence-corrected chi connectivity index (χ4v) is 1.29. The lowest BCUT2D eigenvalue weighted by molar-refractivity contribution is 0.101. The third kappa shape index (κ3) is 1.18. The maximum absolute atomic E-state index is 11.0. The van der Waals surface area contributed by atoms with Crippen LogP contribution in [0.4, 0.5) is 0 Å². The van der Waals surface area contributed by atoms with Crippen LogP contribution in [0.5, 0.6) is 0 Å². The second-order valence-electron chi connectivity index (χ2n) is 2.84. The van der Waals surface area contributed by atoms with Gasteiger partial charge in [0.2, 0.25) is 0 Å². The van der Waals surface area contributed by atoms with Crippen molar-refractivity contribution in [3.63, 3.8) is 0 Å². The first kappa shape index (κ1) is 8.71. The van der Waals surface area contributed by atoms with Gasteiger partial charge < -0.3 is 4.57 Å². The number of hydrogen-bond donors (Lipinski definition) is 0. The Balaban J connectivity index is 3.35. The molecule has 0 aliphatic rings. The van der Waals surface area contributed by atoms with E-state index in [1.807, 2.05) is 0 Å². The Morgan fingerprint density at radius 2 is 2.17 bits per heavy atom. The van der Waals surface area contributed by atoms with Crippen LogP contribution < -0.4 is 0 Å². The van der Waals surface area contributed by atoms with Gasteiger partial charge in [-0.2, -0.15) is 0 Å². The minimum Gasteiger partial charge on any atom is -0.347 e. The maximum atomic E-state index is 11.0. The lowest BCUT2D eigenvalue weighted by Gasteiger charge is -1.93. The first-order chi connectivity index (χ1) is 5.57. The average Bonchev–Trinajstić information content (AvgIpc) is 2.27. The van der Waals surface area contributed by atoms with E-state index in [2.05, 4.69) is 0 Å². The van der Waals surface area contributed by atoms with Gasteiger partial charge in [-0.3, -0.25) is 9.59 Å². The highest BCUT2D eigenvalue weighted by molar-refractivity contribution is 5.97. The number of Topliss-reactive ketones (excluding diaryl/α,β-unsaturated/α-hetero) is 1. The van der Waals surface area contributed by atoms with Crippen LogP contribution in [0, 0.1) is 6.92 Å². The van der Waals surface area contributed by atoms with Crippen LogP contribution in [-0.2, 0) is 7.05 Å². The van der Waals surface area contributed by atoms with E-state index < -0.39 is 0 Å². The first-order valence-corrected chi connectivity index (χ1v) is 3.70. The number of carbonyl (C=O) groups is 2. The minimum absolute atomic E-state index is 0.00352. The van der Waals surface area contributed by atoms with Crippen molar-refractivity contribution in [1.29, 1.82) is 0 Å². The number of aryl methyl sites for hydroxylation is 1. The van der Waals surface area contributed by atoms with E-state index in [9.17, 15) is 9.59 Å². The molecule has 0 atom stereocenters. The fourth-order valence-electron chi connectivity index (χ4n) is 1.29. The molecule has 0 aliphatic carbocycles. The molecule has 0 saturated heterocycles. The predicted octanol–water partition coefficient (Wildman–Crippen LogP) is 1.35. The summed E-state index contributed by atoms with van der Waals surface area (Å²) in [7, 11) is 1.75. The molecule has 0 spiro atoms. The summed E-state index contributed by atoms with van der Waals surface area (Å²) in [6.45, 7) is 3.28. The highest BCUT2D eigenvalue weighted by Crippen LogP contribution is 2.13. The molecule has 1 aromatic heterocycles. The Morgan fingerprint density at radius 1 is 1.58 bits per heavy atom. The number of hydrogen-bond acceptors (Lipinski definition) is 2. The number of carbonyl (C=O) groups excluding carboxylic acids is 2. The highest BCUT2D eigenvalue weighted by Gasteiger charge is 2.11. The van der Waals surface area contributed by atoms with Gasteiger partial charge in [0, 0.05) is 18.8 Å². The van der Waals surface area contributed by atoms with E-state index in [-0.39, 0.29) is 5.78 Å². The van der Waals surface area contributed by atoms with Crippen molar-refractivity contribution in [2.24, 2.45) is 7.05 Å². The molecule has 3 heteroatoms. The monoisotopic (exact) mass is 165 g/mol. The molecule has 0 N–H and O–H groups in total. The van der Waals surface area contributed by atoms with Crippen LogP contribution in [0.1, 0.15) is 33.3 Å². The molecule has 0 aromatic carbocycles. The number of aldehydes is 1. The molecule has 0 saturated carbocycles. The quantitative estimate of drug-likeness (QED) is 0.490. The zero-order chi connectivity index (χ0) is 9.30. The van der Waals surface area contributed by atoms with Crippen LogP contribution in [-0.4, -0.2) is 16.6 Å². The molecule has 0 amide bonds. The molecule has 1 aromatic rings. The summed E-state index contributed by atoms with van der Waals surface area (Å²) >= 11 is 0. The largest absolute Gasteiger partial charge is 0.347 e. The number of aromatic nitrogens is 1. The van der Waals surface area contributed by atoms with Crippen molar-refractivity contribution < 1.29 is 9.59 Å². The molecule has 0 unspecified atom stereocenters. The second-order valence-corrected chi connectivity index (χ2v) is 2.84. The molecule has 12 heavy (non-hydrogen) atoms. The van der Waals surface area contributed by atoms with Gasteiger partial charge in [0.25, 0.3) is 0 Å². The van der Waals surface area contributed by atoms with Gasteiger partial charge in [0.05, 0.1) is 5.69 Å². The molecule has 64 valence electrons. The van der Waals surface area contributed by atoms with Gasteiger partial charge in [-0.15, -0.1) is 0 Å². The molecular formula is C9H11NO2. The molecule has 1 heterocycles. The van der Waals surface area contributed by atoms with E-state index in [0.717, 1.165) is 11.8 Å². The standard InChI is InChI=1S/C9H11NO2/c1-6-8(7(2)12)4-10(3)9(6)5-11/h4-5H,1-3H3. The van der Waals surface area contributed by atoms with Crippen LogP contribution in [0.3, 0.4) is 0 Å². The van der Waals surface area contributed by atoms with E-state index in [1.54, 1.807) is 24.7 Å². The van der Waals surface area contributed by atoms with Crippen molar-refractivity contribution in [2.75, 3.05) is 0 Å². The zero-order valence-corrected chi connectivity index (χ0v) is 7.42. The van der Waals surface area contributed by atoms with Crippen molar-refractivity contribution >= 4 is 12.1 Å². The number of ketones is 1. The van der Waals surface area contributed by atoms with Gasteiger partial charge in [0.15, 0.2) is 12.1 Å². The number of nitrogens with zero attached hydrogens (tertiary/aromatic N) is 1. The smallest absolute Gasteiger partial charge is 0.166 e. The third-order valence-corrected chi connectivity index (χ3v) is 1.98. The van der Waals surface area contributed by atoms with Crippen LogP contribution >= 0.6 is 0 Å². The lowest BCUT2D eigenvalue weighted by atomic mass is 10.1. The van der Waals surface area contributed by atoms with E-state index >= 15 is 0 Å². The Morgan fingerprint density at radius 3 is 2.42 bits per heavy atom. The molecule has 3 nitrogen and oxygen atoms in total. The topological polar surface area (TPSA) is 39.1 Å². The predicted molar refractivity (Wildman–Crippen MR) is 45.5 cm³/mol. The van der Waals surface area contributed by atoms with Gasteiger partial charge in [-0.1, -0.05) is 0 Å². The normalized spacial score (nSPS) is 9.92. The lowest BCUT2D eigenvalue weighted by Crippen LogP contribution is -1.94. The van der Waals surface area contributed by atoms with E-state index in [4.69, 9.17) is 0 Å². The van der Waals surface area contributed by atoms with Crippen molar-refractivity contribution in [3.05, 3.63) is 23.0 Å². The summed E-state index contributed by atoms with van der Waals surface area (Å²) in [5.41, 5.74) is 1.96.